The van der Waals surface area contributed by atoms with Crippen molar-refractivity contribution in [2.75, 3.05) is 14.1 Å². The maximum Gasteiger partial charge on any atom is 0.0146 e. The Morgan fingerprint density at radius 3 is 1.38 bits per heavy atom. The van der Waals surface area contributed by atoms with Gasteiger partial charge in [0.25, 0.3) is 0 Å². The number of hydrogen-bond acceptors (Lipinski definition) is 1. The van der Waals surface area contributed by atoms with Crippen molar-refractivity contribution in [2.45, 2.75) is 70.3 Å². The fraction of sp³-hybridized carbons (Fsp3) is 1.00. The molecule has 2 fully saturated rings. The molecular weight excluding hydrogens is 194 g/mol. The van der Waals surface area contributed by atoms with Gasteiger partial charge in [-0.05, 0) is 51.6 Å². The highest BCUT2D eigenvalue weighted by Gasteiger charge is 2.32. The summed E-state index contributed by atoms with van der Waals surface area (Å²) in [6.45, 7) is 0. The van der Waals surface area contributed by atoms with Gasteiger partial charge in [0.2, 0.25) is 0 Å². The second-order valence-electron chi connectivity index (χ2n) is 6.25. The monoisotopic (exact) mass is 223 g/mol. The van der Waals surface area contributed by atoms with E-state index in [-0.39, 0.29) is 0 Å². The first kappa shape index (κ1) is 12.4. The zero-order chi connectivity index (χ0) is 11.4. The van der Waals surface area contributed by atoms with Crippen LogP contribution in [0, 0.1) is 11.8 Å². The summed E-state index contributed by atoms with van der Waals surface area (Å²) >= 11 is 0. The molecule has 2 aliphatic rings. The Bertz CT molecular complexity index is 170. The molecule has 0 spiro atoms. The van der Waals surface area contributed by atoms with Crippen molar-refractivity contribution in [1.29, 1.82) is 0 Å². The first-order valence-electron chi connectivity index (χ1n) is 7.45. The lowest BCUT2D eigenvalue weighted by atomic mass is 9.73. The van der Waals surface area contributed by atoms with Crippen molar-refractivity contribution in [2.24, 2.45) is 11.8 Å². The summed E-state index contributed by atoms with van der Waals surface area (Å²) < 4.78 is 0. The summed E-state index contributed by atoms with van der Waals surface area (Å²) in [5, 5.41) is 0. The first-order chi connectivity index (χ1) is 7.79. The molecule has 94 valence electrons. The van der Waals surface area contributed by atoms with E-state index in [4.69, 9.17) is 0 Å². The molecule has 1 heteroatoms. The van der Waals surface area contributed by atoms with Crippen molar-refractivity contribution in [3.8, 4) is 0 Å². The molecule has 0 saturated heterocycles. The lowest BCUT2D eigenvalue weighted by Gasteiger charge is -2.41. The zero-order valence-electron chi connectivity index (χ0n) is 11.3. The van der Waals surface area contributed by atoms with Crippen LogP contribution >= 0.6 is 0 Å². The van der Waals surface area contributed by atoms with Crippen molar-refractivity contribution < 1.29 is 0 Å². The van der Waals surface area contributed by atoms with Crippen molar-refractivity contribution >= 4 is 0 Å². The maximum absolute atomic E-state index is 2.55. The quantitative estimate of drug-likeness (QED) is 0.697. The molecule has 0 radical (unpaired) electrons. The smallest absolute Gasteiger partial charge is 0.0146 e. The van der Waals surface area contributed by atoms with Crippen molar-refractivity contribution in [3.05, 3.63) is 0 Å². The second kappa shape index (κ2) is 6.05. The van der Waals surface area contributed by atoms with E-state index in [9.17, 15) is 0 Å². The van der Waals surface area contributed by atoms with Gasteiger partial charge >= 0.3 is 0 Å². The molecule has 0 aromatic heterocycles. The van der Waals surface area contributed by atoms with E-state index >= 15 is 0 Å². The lowest BCUT2D eigenvalue weighted by Crippen LogP contribution is -2.43. The Morgan fingerprint density at radius 2 is 1.06 bits per heavy atom. The normalized spacial score (nSPS) is 25.5. The van der Waals surface area contributed by atoms with Crippen molar-refractivity contribution in [3.63, 3.8) is 0 Å². The molecule has 2 rings (SSSR count). The third-order valence-corrected chi connectivity index (χ3v) is 4.86. The van der Waals surface area contributed by atoms with Crippen LogP contribution in [0.25, 0.3) is 0 Å². The molecule has 0 amide bonds. The summed E-state index contributed by atoms with van der Waals surface area (Å²) in [4.78, 5) is 2.55. The fourth-order valence-corrected chi connectivity index (χ4v) is 4.18. The van der Waals surface area contributed by atoms with Gasteiger partial charge in [-0.15, -0.1) is 0 Å². The summed E-state index contributed by atoms with van der Waals surface area (Å²) in [5.74, 6) is 2.01. The Labute approximate surface area is 102 Å². The van der Waals surface area contributed by atoms with Crippen LogP contribution in [0.2, 0.25) is 0 Å². The van der Waals surface area contributed by atoms with Crippen LogP contribution in [0.4, 0.5) is 0 Å². The molecule has 0 aromatic carbocycles. The lowest BCUT2D eigenvalue weighted by molar-refractivity contribution is 0.0914. The Balaban J connectivity index is 1.96. The molecule has 0 atom stereocenters. The molecule has 2 aliphatic carbocycles. The molecule has 0 bridgehead atoms. The average molecular weight is 223 g/mol. The van der Waals surface area contributed by atoms with Crippen LogP contribution in [0.5, 0.6) is 0 Å². The second-order valence-corrected chi connectivity index (χ2v) is 6.25. The summed E-state index contributed by atoms with van der Waals surface area (Å²) in [7, 11) is 4.63. The summed E-state index contributed by atoms with van der Waals surface area (Å²) in [6.07, 6.45) is 14.9. The van der Waals surface area contributed by atoms with Crippen LogP contribution in [-0.2, 0) is 0 Å². The molecule has 1 nitrogen and oxygen atoms in total. The first-order valence-corrected chi connectivity index (χ1v) is 7.45. The van der Waals surface area contributed by atoms with Gasteiger partial charge in [-0.3, -0.25) is 0 Å². The molecule has 0 aromatic rings. The predicted octanol–water partition coefficient (Wildman–Crippen LogP) is 4.08. The van der Waals surface area contributed by atoms with Gasteiger partial charge in [0.05, 0.1) is 0 Å². The van der Waals surface area contributed by atoms with Gasteiger partial charge in [0, 0.05) is 6.04 Å². The van der Waals surface area contributed by atoms with E-state index in [0.717, 1.165) is 17.9 Å². The Hall–Kier alpha value is -0.0400. The molecule has 0 heterocycles. The van der Waals surface area contributed by atoms with E-state index < -0.39 is 0 Å². The van der Waals surface area contributed by atoms with E-state index in [0.29, 0.717) is 0 Å². The average Bonchev–Trinajstić information content (AvgIpc) is 2.31. The third kappa shape index (κ3) is 3.00. The molecule has 0 unspecified atom stereocenters. The van der Waals surface area contributed by atoms with Crippen LogP contribution < -0.4 is 0 Å². The van der Waals surface area contributed by atoms with Gasteiger partial charge in [-0.25, -0.2) is 0 Å². The summed E-state index contributed by atoms with van der Waals surface area (Å²) in [6, 6.07) is 0.889. The van der Waals surface area contributed by atoms with Gasteiger partial charge in [0.1, 0.15) is 0 Å². The van der Waals surface area contributed by atoms with Gasteiger partial charge in [0.15, 0.2) is 0 Å². The third-order valence-electron chi connectivity index (χ3n) is 4.86. The predicted molar refractivity (Wildman–Crippen MR) is 70.6 cm³/mol. The number of hydrogen-bond donors (Lipinski definition) is 0. The largest absolute Gasteiger partial charge is 0.306 e. The number of nitrogens with zero attached hydrogens (tertiary/aromatic N) is 1. The highest BCUT2D eigenvalue weighted by Crippen LogP contribution is 2.37. The van der Waals surface area contributed by atoms with E-state index in [2.05, 4.69) is 19.0 Å². The van der Waals surface area contributed by atoms with E-state index in [1.807, 2.05) is 0 Å². The molecule has 0 N–H and O–H groups in total. The summed E-state index contributed by atoms with van der Waals surface area (Å²) in [5.41, 5.74) is 0. The molecule has 16 heavy (non-hydrogen) atoms. The Morgan fingerprint density at radius 1 is 0.688 bits per heavy atom. The Kier molecular flexibility index (Phi) is 4.69. The molecular formula is C15H29N. The van der Waals surface area contributed by atoms with Gasteiger partial charge in [-0.1, -0.05) is 38.5 Å². The van der Waals surface area contributed by atoms with Crippen LogP contribution in [0.1, 0.15) is 64.2 Å². The minimum atomic E-state index is 0.889. The van der Waals surface area contributed by atoms with E-state index in [1.54, 1.807) is 0 Å². The van der Waals surface area contributed by atoms with Crippen LogP contribution in [-0.4, -0.2) is 25.0 Å². The number of rotatable bonds is 3. The highest BCUT2D eigenvalue weighted by molar-refractivity contribution is 4.86. The minimum Gasteiger partial charge on any atom is -0.306 e. The maximum atomic E-state index is 2.55. The van der Waals surface area contributed by atoms with Gasteiger partial charge < -0.3 is 4.90 Å². The molecule has 2 saturated carbocycles. The standard InChI is InChI=1S/C15H29N/c1-16(2)15(13-9-5-3-6-10-13)14-11-7-4-8-12-14/h13-15H,3-12H2,1-2H3. The highest BCUT2D eigenvalue weighted by atomic mass is 15.1. The van der Waals surface area contributed by atoms with E-state index in [1.165, 1.54) is 64.2 Å². The SMILES string of the molecule is CN(C)C(C1CCCCC1)C1CCCCC1. The van der Waals surface area contributed by atoms with Crippen molar-refractivity contribution in [1.82, 2.24) is 4.90 Å². The minimum absolute atomic E-state index is 0.889. The van der Waals surface area contributed by atoms with Crippen LogP contribution in [0.15, 0.2) is 0 Å². The molecule has 0 aliphatic heterocycles. The topological polar surface area (TPSA) is 3.24 Å². The van der Waals surface area contributed by atoms with Gasteiger partial charge in [-0.2, -0.15) is 0 Å². The van der Waals surface area contributed by atoms with Crippen LogP contribution in [0.3, 0.4) is 0 Å². The fourth-order valence-electron chi connectivity index (χ4n) is 4.18. The zero-order valence-corrected chi connectivity index (χ0v) is 11.3.